The van der Waals surface area contributed by atoms with Crippen LogP contribution in [-0.2, 0) is 9.53 Å². The molecule has 1 N–H and O–H groups in total. The second-order valence-corrected chi connectivity index (χ2v) is 3.14. The first-order chi connectivity index (χ1) is 7.15. The molecule has 3 nitrogen and oxygen atoms in total. The maximum atomic E-state index is 10.9. The Kier molecular flexibility index (Phi) is 3.90. The first-order valence-corrected chi connectivity index (χ1v) is 4.49. The molecular formula is C12H12O3. The summed E-state index contributed by atoms with van der Waals surface area (Å²) < 4.78 is 5.04. The molecule has 15 heavy (non-hydrogen) atoms. The van der Waals surface area contributed by atoms with E-state index in [1.165, 1.54) is 0 Å². The molecule has 0 aliphatic rings. The zero-order chi connectivity index (χ0) is 11.3. The Balaban J connectivity index is 2.85. The zero-order valence-electron chi connectivity index (χ0n) is 8.43. The van der Waals surface area contributed by atoms with Crippen molar-refractivity contribution in [2.24, 2.45) is 0 Å². The molecule has 0 saturated carbocycles. The summed E-state index contributed by atoms with van der Waals surface area (Å²) in [5.41, 5.74) is 1.67. The molecule has 0 aliphatic heterocycles. The van der Waals surface area contributed by atoms with Gasteiger partial charge in [-0.15, -0.1) is 6.42 Å². The van der Waals surface area contributed by atoms with Crippen LogP contribution in [0.3, 0.4) is 0 Å². The van der Waals surface area contributed by atoms with E-state index in [1.54, 1.807) is 12.1 Å². The Hall–Kier alpha value is -1.79. The van der Waals surface area contributed by atoms with Gasteiger partial charge in [-0.25, -0.2) is 4.79 Å². The number of ether oxygens (including phenoxy) is 1. The van der Waals surface area contributed by atoms with E-state index < -0.39 is 12.1 Å². The normalized spacial score (nSPS) is 11.7. The molecule has 0 heterocycles. The predicted octanol–water partition coefficient (Wildman–Crippen LogP) is 1.77. The summed E-state index contributed by atoms with van der Waals surface area (Å²) in [5, 5.41) is 8.93. The number of terminal acetylenes is 1. The third kappa shape index (κ3) is 3.12. The van der Waals surface area contributed by atoms with Crippen molar-refractivity contribution in [3.8, 4) is 12.3 Å². The van der Waals surface area contributed by atoms with Crippen molar-refractivity contribution in [2.45, 2.75) is 13.0 Å². The molecule has 0 fully saturated rings. The van der Waals surface area contributed by atoms with Gasteiger partial charge in [0.15, 0.2) is 6.10 Å². The smallest absolute Gasteiger partial charge is 0.337 e. The maximum absolute atomic E-state index is 10.9. The fourth-order valence-corrected chi connectivity index (χ4v) is 1.18. The highest BCUT2D eigenvalue weighted by Crippen LogP contribution is 2.17. The molecule has 1 aromatic carbocycles. The summed E-state index contributed by atoms with van der Waals surface area (Å²) in [7, 11) is 0. The summed E-state index contributed by atoms with van der Waals surface area (Å²) >= 11 is 0. The van der Waals surface area contributed by atoms with Gasteiger partial charge in [0.05, 0.1) is 0 Å². The van der Waals surface area contributed by atoms with Crippen LogP contribution in [0.15, 0.2) is 24.3 Å². The van der Waals surface area contributed by atoms with Crippen LogP contribution in [0.4, 0.5) is 0 Å². The van der Waals surface area contributed by atoms with Crippen LogP contribution < -0.4 is 0 Å². The molecule has 0 bridgehead atoms. The van der Waals surface area contributed by atoms with E-state index >= 15 is 0 Å². The minimum absolute atomic E-state index is 0.00908. The number of hydrogen-bond donors (Lipinski definition) is 1. The molecule has 0 spiro atoms. The summed E-state index contributed by atoms with van der Waals surface area (Å²) in [4.78, 5) is 10.9. The van der Waals surface area contributed by atoms with Crippen LogP contribution in [0.1, 0.15) is 17.2 Å². The monoisotopic (exact) mass is 204 g/mol. The van der Waals surface area contributed by atoms with Crippen molar-refractivity contribution < 1.29 is 14.6 Å². The lowest BCUT2D eigenvalue weighted by Crippen LogP contribution is -2.15. The van der Waals surface area contributed by atoms with Crippen molar-refractivity contribution in [3.05, 3.63) is 35.4 Å². The van der Waals surface area contributed by atoms with Crippen LogP contribution in [0.5, 0.6) is 0 Å². The molecule has 0 aliphatic carbocycles. The van der Waals surface area contributed by atoms with Crippen LogP contribution in [-0.4, -0.2) is 17.7 Å². The molecule has 0 saturated heterocycles. The standard InChI is InChI=1S/C12H12O3/c1-3-8-15-11(12(13)14)10-6-4-9(2)5-7-10/h1,4-7,11H,8H2,2H3,(H,13,14). The van der Waals surface area contributed by atoms with E-state index in [0.29, 0.717) is 5.56 Å². The summed E-state index contributed by atoms with van der Waals surface area (Å²) in [6, 6.07) is 7.13. The highest BCUT2D eigenvalue weighted by atomic mass is 16.5. The van der Waals surface area contributed by atoms with Crippen molar-refractivity contribution in [2.75, 3.05) is 6.61 Å². The number of benzene rings is 1. The quantitative estimate of drug-likeness (QED) is 0.760. The van der Waals surface area contributed by atoms with E-state index in [-0.39, 0.29) is 6.61 Å². The zero-order valence-corrected chi connectivity index (χ0v) is 8.43. The number of aryl methyl sites for hydroxylation is 1. The van der Waals surface area contributed by atoms with Gasteiger partial charge in [0, 0.05) is 0 Å². The van der Waals surface area contributed by atoms with Gasteiger partial charge in [0.1, 0.15) is 6.61 Å². The van der Waals surface area contributed by atoms with Crippen molar-refractivity contribution >= 4 is 5.97 Å². The maximum Gasteiger partial charge on any atom is 0.337 e. The van der Waals surface area contributed by atoms with Gasteiger partial charge in [0.25, 0.3) is 0 Å². The molecule has 0 aromatic heterocycles. The average Bonchev–Trinajstić information content (AvgIpc) is 2.21. The molecule has 1 atom stereocenters. The molecule has 0 radical (unpaired) electrons. The first-order valence-electron chi connectivity index (χ1n) is 4.49. The fourth-order valence-electron chi connectivity index (χ4n) is 1.18. The number of rotatable bonds is 4. The van der Waals surface area contributed by atoms with Gasteiger partial charge >= 0.3 is 5.97 Å². The minimum atomic E-state index is -1.03. The van der Waals surface area contributed by atoms with Gasteiger partial charge in [0.2, 0.25) is 0 Å². The van der Waals surface area contributed by atoms with Crippen LogP contribution >= 0.6 is 0 Å². The van der Waals surface area contributed by atoms with Crippen molar-refractivity contribution in [1.82, 2.24) is 0 Å². The summed E-state index contributed by atoms with van der Waals surface area (Å²) in [6.45, 7) is 1.92. The van der Waals surface area contributed by atoms with Crippen LogP contribution in [0.2, 0.25) is 0 Å². The predicted molar refractivity (Wildman–Crippen MR) is 56.3 cm³/mol. The molecule has 78 valence electrons. The van der Waals surface area contributed by atoms with Gasteiger partial charge in [-0.3, -0.25) is 0 Å². The van der Waals surface area contributed by atoms with Crippen molar-refractivity contribution in [3.63, 3.8) is 0 Å². The Morgan fingerprint density at radius 1 is 1.53 bits per heavy atom. The second kappa shape index (κ2) is 5.18. The van der Waals surface area contributed by atoms with E-state index in [9.17, 15) is 4.79 Å². The summed E-state index contributed by atoms with van der Waals surface area (Å²) in [6.07, 6.45) is 4.03. The lowest BCUT2D eigenvalue weighted by atomic mass is 10.1. The number of aliphatic carboxylic acids is 1. The lowest BCUT2D eigenvalue weighted by molar-refractivity contribution is -0.149. The number of hydrogen-bond acceptors (Lipinski definition) is 2. The van der Waals surface area contributed by atoms with Crippen LogP contribution in [0.25, 0.3) is 0 Å². The van der Waals surface area contributed by atoms with Gasteiger partial charge in [-0.2, -0.15) is 0 Å². The molecule has 1 aromatic rings. The van der Waals surface area contributed by atoms with E-state index in [1.807, 2.05) is 19.1 Å². The second-order valence-electron chi connectivity index (χ2n) is 3.14. The Morgan fingerprint density at radius 2 is 2.13 bits per heavy atom. The Bertz CT molecular complexity index is 373. The van der Waals surface area contributed by atoms with E-state index in [2.05, 4.69) is 5.92 Å². The number of carbonyl (C=O) groups is 1. The Morgan fingerprint density at radius 3 is 2.60 bits per heavy atom. The molecule has 1 rings (SSSR count). The fraction of sp³-hybridized carbons (Fsp3) is 0.250. The number of carboxylic acids is 1. The summed E-state index contributed by atoms with van der Waals surface area (Å²) in [5.74, 6) is 1.22. The number of carboxylic acid groups (broad SMARTS) is 1. The third-order valence-corrected chi connectivity index (χ3v) is 1.94. The molecule has 3 heteroatoms. The molecular weight excluding hydrogens is 192 g/mol. The van der Waals surface area contributed by atoms with Gasteiger partial charge in [-0.05, 0) is 12.5 Å². The molecule has 0 amide bonds. The van der Waals surface area contributed by atoms with Gasteiger partial charge in [-0.1, -0.05) is 35.7 Å². The third-order valence-electron chi connectivity index (χ3n) is 1.94. The van der Waals surface area contributed by atoms with Gasteiger partial charge < -0.3 is 9.84 Å². The van der Waals surface area contributed by atoms with E-state index in [4.69, 9.17) is 16.3 Å². The topological polar surface area (TPSA) is 46.5 Å². The largest absolute Gasteiger partial charge is 0.479 e. The van der Waals surface area contributed by atoms with E-state index in [0.717, 1.165) is 5.56 Å². The SMILES string of the molecule is C#CCOC(C(=O)O)c1ccc(C)cc1. The lowest BCUT2D eigenvalue weighted by Gasteiger charge is -2.12. The highest BCUT2D eigenvalue weighted by Gasteiger charge is 2.19. The van der Waals surface area contributed by atoms with Crippen molar-refractivity contribution in [1.29, 1.82) is 0 Å². The molecule has 1 unspecified atom stereocenters. The average molecular weight is 204 g/mol. The van der Waals surface area contributed by atoms with Crippen LogP contribution in [0, 0.1) is 19.3 Å². The Labute approximate surface area is 88.7 Å². The highest BCUT2D eigenvalue weighted by molar-refractivity contribution is 5.74. The minimum Gasteiger partial charge on any atom is -0.479 e. The first kappa shape index (κ1) is 11.3.